The summed E-state index contributed by atoms with van der Waals surface area (Å²) in [6.07, 6.45) is 3.24. The van der Waals surface area contributed by atoms with Gasteiger partial charge in [-0.3, -0.25) is 9.59 Å². The summed E-state index contributed by atoms with van der Waals surface area (Å²) in [6, 6.07) is 0. The van der Waals surface area contributed by atoms with E-state index in [1.165, 1.54) is 4.90 Å². The van der Waals surface area contributed by atoms with Crippen LogP contribution in [-0.4, -0.2) is 41.4 Å². The lowest BCUT2D eigenvalue weighted by Crippen LogP contribution is -2.51. The van der Waals surface area contributed by atoms with E-state index in [9.17, 15) is 9.59 Å². The standard InChI is InChI=1S/C13H25N3O2/c1-12(2,3)15-10(17)9-16(4)11(18)8-13(14)6-5-7-13/h5-9,14H2,1-4H3,(H,15,17). The first-order chi connectivity index (χ1) is 8.11. The maximum absolute atomic E-state index is 11.9. The number of carbonyl (C=O) groups is 2. The van der Waals surface area contributed by atoms with Crippen molar-refractivity contribution >= 4 is 11.8 Å². The average molecular weight is 255 g/mol. The van der Waals surface area contributed by atoms with E-state index < -0.39 is 0 Å². The van der Waals surface area contributed by atoms with Crippen LogP contribution in [0.4, 0.5) is 0 Å². The molecule has 3 N–H and O–H groups in total. The summed E-state index contributed by atoms with van der Waals surface area (Å²) in [7, 11) is 1.65. The SMILES string of the molecule is CN(CC(=O)NC(C)(C)C)C(=O)CC1(N)CCC1. The molecule has 5 nitrogen and oxygen atoms in total. The van der Waals surface area contributed by atoms with Gasteiger partial charge in [-0.1, -0.05) is 0 Å². The molecule has 104 valence electrons. The number of nitrogens with zero attached hydrogens (tertiary/aromatic N) is 1. The van der Waals surface area contributed by atoms with Gasteiger partial charge >= 0.3 is 0 Å². The maximum atomic E-state index is 11.9. The minimum Gasteiger partial charge on any atom is -0.350 e. The predicted octanol–water partition coefficient (Wildman–Crippen LogP) is 0.631. The van der Waals surface area contributed by atoms with Crippen molar-refractivity contribution in [1.82, 2.24) is 10.2 Å². The van der Waals surface area contributed by atoms with E-state index in [-0.39, 0.29) is 29.4 Å². The van der Waals surface area contributed by atoms with Gasteiger partial charge < -0.3 is 16.0 Å². The van der Waals surface area contributed by atoms with E-state index in [0.29, 0.717) is 6.42 Å². The Morgan fingerprint density at radius 3 is 2.28 bits per heavy atom. The maximum Gasteiger partial charge on any atom is 0.240 e. The van der Waals surface area contributed by atoms with Gasteiger partial charge in [-0.15, -0.1) is 0 Å². The van der Waals surface area contributed by atoms with Crippen molar-refractivity contribution in [2.75, 3.05) is 13.6 Å². The summed E-state index contributed by atoms with van der Waals surface area (Å²) in [5.41, 5.74) is 5.42. The fourth-order valence-corrected chi connectivity index (χ4v) is 2.01. The first-order valence-corrected chi connectivity index (χ1v) is 6.45. The van der Waals surface area contributed by atoms with Gasteiger partial charge in [0.05, 0.1) is 6.54 Å². The van der Waals surface area contributed by atoms with E-state index in [0.717, 1.165) is 19.3 Å². The molecule has 0 aromatic rings. The second-order valence-corrected chi connectivity index (χ2v) is 6.44. The van der Waals surface area contributed by atoms with Crippen molar-refractivity contribution in [2.45, 2.75) is 57.5 Å². The molecule has 0 unspecified atom stereocenters. The zero-order valence-corrected chi connectivity index (χ0v) is 11.9. The Hall–Kier alpha value is -1.10. The van der Waals surface area contributed by atoms with E-state index in [1.807, 2.05) is 20.8 Å². The van der Waals surface area contributed by atoms with Gasteiger partial charge in [0.1, 0.15) is 0 Å². The van der Waals surface area contributed by atoms with Crippen LogP contribution in [0.25, 0.3) is 0 Å². The zero-order valence-electron chi connectivity index (χ0n) is 11.9. The molecular weight excluding hydrogens is 230 g/mol. The Morgan fingerprint density at radius 2 is 1.89 bits per heavy atom. The summed E-state index contributed by atoms with van der Waals surface area (Å²) in [5.74, 6) is -0.195. The molecule has 0 saturated heterocycles. The number of amides is 2. The number of nitrogens with one attached hydrogen (secondary N) is 1. The number of hydrogen-bond acceptors (Lipinski definition) is 3. The molecule has 0 bridgehead atoms. The molecule has 0 aliphatic heterocycles. The first kappa shape index (κ1) is 15.0. The van der Waals surface area contributed by atoms with Crippen LogP contribution in [0.3, 0.4) is 0 Å². The van der Waals surface area contributed by atoms with Crippen LogP contribution in [-0.2, 0) is 9.59 Å². The number of rotatable bonds is 4. The molecule has 18 heavy (non-hydrogen) atoms. The van der Waals surface area contributed by atoms with Gasteiger partial charge in [-0.2, -0.15) is 0 Å². The quantitative estimate of drug-likeness (QED) is 0.773. The molecular formula is C13H25N3O2. The Labute approximate surface area is 109 Å². The van der Waals surface area contributed by atoms with Gasteiger partial charge in [0.25, 0.3) is 0 Å². The smallest absolute Gasteiger partial charge is 0.240 e. The normalized spacial score (nSPS) is 17.8. The van der Waals surface area contributed by atoms with Crippen molar-refractivity contribution < 1.29 is 9.59 Å². The van der Waals surface area contributed by atoms with Gasteiger partial charge in [-0.05, 0) is 40.0 Å². The third-order valence-corrected chi connectivity index (χ3v) is 3.17. The lowest BCUT2D eigenvalue weighted by molar-refractivity contribution is -0.136. The summed E-state index contributed by atoms with van der Waals surface area (Å²) in [6.45, 7) is 5.83. The molecule has 0 spiro atoms. The van der Waals surface area contributed by atoms with Crippen molar-refractivity contribution in [2.24, 2.45) is 5.73 Å². The van der Waals surface area contributed by atoms with Crippen LogP contribution in [0.5, 0.6) is 0 Å². The van der Waals surface area contributed by atoms with Crippen LogP contribution in [0.2, 0.25) is 0 Å². The molecule has 1 saturated carbocycles. The molecule has 0 aromatic heterocycles. The Kier molecular flexibility index (Phi) is 4.37. The highest BCUT2D eigenvalue weighted by Crippen LogP contribution is 2.32. The molecule has 1 aliphatic carbocycles. The van der Waals surface area contributed by atoms with Gasteiger partial charge in [0, 0.05) is 24.5 Å². The molecule has 1 fully saturated rings. The topological polar surface area (TPSA) is 75.4 Å². The highest BCUT2D eigenvalue weighted by atomic mass is 16.2. The molecule has 2 amide bonds. The van der Waals surface area contributed by atoms with Gasteiger partial charge in [0.2, 0.25) is 11.8 Å². The van der Waals surface area contributed by atoms with Gasteiger partial charge in [-0.25, -0.2) is 0 Å². The molecule has 1 rings (SSSR count). The summed E-state index contributed by atoms with van der Waals surface area (Å²) >= 11 is 0. The lowest BCUT2D eigenvalue weighted by Gasteiger charge is -2.38. The zero-order chi connectivity index (χ0) is 14.0. The summed E-state index contributed by atoms with van der Waals surface area (Å²) in [5, 5.41) is 2.83. The Balaban J connectivity index is 2.37. The largest absolute Gasteiger partial charge is 0.350 e. The monoisotopic (exact) mass is 255 g/mol. The molecule has 0 heterocycles. The van der Waals surface area contributed by atoms with E-state index in [1.54, 1.807) is 7.05 Å². The van der Waals surface area contributed by atoms with Crippen LogP contribution in [0, 0.1) is 0 Å². The van der Waals surface area contributed by atoms with Crippen LogP contribution in [0.15, 0.2) is 0 Å². The average Bonchev–Trinajstić information content (AvgIpc) is 2.11. The second kappa shape index (κ2) is 5.26. The molecule has 0 aromatic carbocycles. The third kappa shape index (κ3) is 4.64. The predicted molar refractivity (Wildman–Crippen MR) is 70.9 cm³/mol. The fraction of sp³-hybridized carbons (Fsp3) is 0.846. The van der Waals surface area contributed by atoms with Crippen molar-refractivity contribution in [3.63, 3.8) is 0 Å². The van der Waals surface area contributed by atoms with Crippen LogP contribution >= 0.6 is 0 Å². The van der Waals surface area contributed by atoms with Crippen molar-refractivity contribution in [1.29, 1.82) is 0 Å². The van der Waals surface area contributed by atoms with E-state index >= 15 is 0 Å². The molecule has 0 radical (unpaired) electrons. The number of hydrogen-bond donors (Lipinski definition) is 2. The van der Waals surface area contributed by atoms with Crippen molar-refractivity contribution in [3.05, 3.63) is 0 Å². The Bertz CT molecular complexity index is 330. The second-order valence-electron chi connectivity index (χ2n) is 6.44. The summed E-state index contributed by atoms with van der Waals surface area (Å²) < 4.78 is 0. The first-order valence-electron chi connectivity index (χ1n) is 6.45. The Morgan fingerprint density at radius 1 is 1.33 bits per heavy atom. The van der Waals surface area contributed by atoms with Crippen LogP contribution in [0.1, 0.15) is 46.5 Å². The number of likely N-dealkylation sites (N-methyl/N-ethyl adjacent to an activating group) is 1. The highest BCUT2D eigenvalue weighted by Gasteiger charge is 2.35. The van der Waals surface area contributed by atoms with Crippen LogP contribution < -0.4 is 11.1 Å². The minimum atomic E-state index is -0.328. The molecule has 0 atom stereocenters. The van der Waals surface area contributed by atoms with Crippen molar-refractivity contribution in [3.8, 4) is 0 Å². The van der Waals surface area contributed by atoms with E-state index in [2.05, 4.69) is 5.32 Å². The van der Waals surface area contributed by atoms with Gasteiger partial charge in [0.15, 0.2) is 0 Å². The summed E-state index contributed by atoms with van der Waals surface area (Å²) in [4.78, 5) is 25.1. The molecule has 5 heteroatoms. The fourth-order valence-electron chi connectivity index (χ4n) is 2.01. The lowest BCUT2D eigenvalue weighted by atomic mass is 9.75. The number of carbonyl (C=O) groups excluding carboxylic acids is 2. The number of nitrogens with two attached hydrogens (primary N) is 1. The third-order valence-electron chi connectivity index (χ3n) is 3.17. The highest BCUT2D eigenvalue weighted by molar-refractivity contribution is 5.85. The molecule has 1 aliphatic rings. The minimum absolute atomic E-state index is 0.0544. The van der Waals surface area contributed by atoms with E-state index in [4.69, 9.17) is 5.73 Å².